The summed E-state index contributed by atoms with van der Waals surface area (Å²) in [4.78, 5) is 47.2. The molecule has 0 aliphatic carbocycles. The van der Waals surface area contributed by atoms with Gasteiger partial charge < -0.3 is 39.6 Å². The Morgan fingerprint density at radius 1 is 0.979 bits per heavy atom. The van der Waals surface area contributed by atoms with E-state index in [9.17, 15) is 55.5 Å². The van der Waals surface area contributed by atoms with Crippen molar-refractivity contribution < 1.29 is 74.4 Å². The van der Waals surface area contributed by atoms with Crippen LogP contribution in [-0.4, -0.2) is 60.0 Å². The molecule has 0 saturated carbocycles. The number of rotatable bonds is 8. The zero-order valence-corrected chi connectivity index (χ0v) is 26.3. The topological polar surface area (TPSA) is 295 Å². The number of hydroxylamine groups is 2. The fraction of sp³-hybridized carbons (Fsp3) is 0.111. The highest BCUT2D eigenvalue weighted by Crippen LogP contribution is 2.44. The maximum absolute atomic E-state index is 12.0. The number of imide groups is 1. The quantitative estimate of drug-likeness (QED) is 0.0498. The minimum atomic E-state index is -5.25. The Hall–Kier alpha value is -4.87. The molecule has 18 nitrogen and oxygen atoms in total. The second-order valence-electron chi connectivity index (χ2n) is 9.54. The molecule has 21 heteroatoms. The largest absolute Gasteiger partial charge is 0.744 e. The minimum absolute atomic E-state index is 0.00613. The summed E-state index contributed by atoms with van der Waals surface area (Å²) in [5, 5.41) is 23.4. The third-order valence-electron chi connectivity index (χ3n) is 6.46. The standard InChI is InChI=1S/C21H15NO9S2.C6H7NO7S/c1-10-6-7-13-16(11-4-2-3-5-12(11)21(23)24)14-8-9-15(22)20(33(28,29)30)18(14)31-17(13)19(10)32(25,26)27;1-3(8)12-7-5(9)2-4(6(7)10)15-14-13-11/h2-9H,1,22H2,(H,23,24)(H,25,26,27)(H,28,29,30);4,11H,2H2,1H3/p-4. The number of carboxylic acid groups (broad SMARTS) is 1. The van der Waals surface area contributed by atoms with E-state index in [1.165, 1.54) is 42.5 Å². The molecular formula is C27H18N2O16S3-4. The Morgan fingerprint density at radius 2 is 1.62 bits per heavy atom. The van der Waals surface area contributed by atoms with Crippen LogP contribution in [0.5, 0.6) is 11.5 Å². The summed E-state index contributed by atoms with van der Waals surface area (Å²) in [6, 6.07) is 10.4. The maximum Gasteiger partial charge on any atom is 0.330 e. The van der Waals surface area contributed by atoms with Crippen molar-refractivity contribution in [1.29, 1.82) is 0 Å². The molecular weight excluding hydrogens is 704 g/mol. The van der Waals surface area contributed by atoms with Crippen molar-refractivity contribution in [3.05, 3.63) is 75.7 Å². The zero-order valence-electron chi connectivity index (χ0n) is 23.9. The normalized spacial score (nSPS) is 15.5. The Labute approximate surface area is 274 Å². The molecule has 0 spiro atoms. The first-order valence-electron chi connectivity index (χ1n) is 12.7. The van der Waals surface area contributed by atoms with Crippen LogP contribution >= 0.6 is 12.0 Å². The van der Waals surface area contributed by atoms with Crippen LogP contribution in [0.1, 0.15) is 34.8 Å². The molecule has 2 amide bonds. The first kappa shape index (κ1) is 36.0. The van der Waals surface area contributed by atoms with Gasteiger partial charge in [-0.2, -0.15) is 4.33 Å². The lowest BCUT2D eigenvalue weighted by Gasteiger charge is -2.27. The van der Waals surface area contributed by atoms with E-state index in [1.807, 2.05) is 0 Å². The van der Waals surface area contributed by atoms with Gasteiger partial charge in [0, 0.05) is 40.9 Å². The van der Waals surface area contributed by atoms with E-state index in [4.69, 9.17) is 10.5 Å². The van der Waals surface area contributed by atoms with Gasteiger partial charge in [-0.3, -0.25) is 14.6 Å². The molecule has 2 aliphatic rings. The number of carbonyl (C=O) groups is 4. The molecule has 3 aromatic rings. The van der Waals surface area contributed by atoms with Gasteiger partial charge in [0.1, 0.15) is 35.3 Å². The number of aromatic carboxylic acids is 1. The molecule has 0 bridgehead atoms. The van der Waals surface area contributed by atoms with Gasteiger partial charge in [0.05, 0.1) is 18.1 Å². The smallest absolute Gasteiger partial charge is 0.330 e. The molecule has 3 aromatic carbocycles. The van der Waals surface area contributed by atoms with E-state index in [-0.39, 0.29) is 39.1 Å². The summed E-state index contributed by atoms with van der Waals surface area (Å²) in [5.41, 5.74) is 4.81. The monoisotopic (exact) mass is 722 g/mol. The summed E-state index contributed by atoms with van der Waals surface area (Å²) >= 11 is 0.389. The lowest BCUT2D eigenvalue weighted by Crippen LogP contribution is -2.33. The number of hydrogen-bond acceptors (Lipinski definition) is 18. The average molecular weight is 723 g/mol. The second kappa shape index (κ2) is 13.7. The highest BCUT2D eigenvalue weighted by atomic mass is 32.2. The Kier molecular flexibility index (Phi) is 10.3. The predicted molar refractivity (Wildman–Crippen MR) is 152 cm³/mol. The fourth-order valence-electron chi connectivity index (χ4n) is 4.67. The van der Waals surface area contributed by atoms with Gasteiger partial charge in [-0.05, 0) is 29.0 Å². The number of nitrogens with zero attached hydrogens (tertiary/aromatic N) is 1. The third kappa shape index (κ3) is 7.17. The van der Waals surface area contributed by atoms with Gasteiger partial charge in [-0.25, -0.2) is 21.6 Å². The average Bonchev–Trinajstić information content (AvgIpc) is 3.24. The van der Waals surface area contributed by atoms with Crippen LogP contribution in [0.2, 0.25) is 0 Å². The Bertz CT molecular complexity index is 2200. The van der Waals surface area contributed by atoms with Crippen LogP contribution in [0, 0.1) is 0 Å². The van der Waals surface area contributed by atoms with E-state index < -0.39 is 76.2 Å². The number of ether oxygens (including phenoxy) is 1. The SMILES string of the molecule is C=c1ccc2c(c1S(=O)(=O)[O-])Oc1c(ccc(N)c1S(=O)(=O)[O-])C=2c1ccccc1C(=O)[O-].CC(=O)ON1C(=O)CC(SOO[O-])C1=O. The Balaban J connectivity index is 0.000000291. The summed E-state index contributed by atoms with van der Waals surface area (Å²) in [5.74, 6) is -5.06. The predicted octanol–water partition coefficient (Wildman–Crippen LogP) is -2.33. The van der Waals surface area contributed by atoms with Gasteiger partial charge in [0.25, 0.3) is 11.8 Å². The number of benzene rings is 3. The van der Waals surface area contributed by atoms with E-state index in [2.05, 4.69) is 20.8 Å². The molecule has 1 atom stereocenters. The van der Waals surface area contributed by atoms with E-state index in [0.29, 0.717) is 17.1 Å². The third-order valence-corrected chi connectivity index (χ3v) is 9.06. The Morgan fingerprint density at radius 3 is 2.21 bits per heavy atom. The van der Waals surface area contributed by atoms with Crippen molar-refractivity contribution in [2.45, 2.75) is 28.4 Å². The number of nitrogen functional groups attached to an aromatic ring is 1. The number of anilines is 1. The summed E-state index contributed by atoms with van der Waals surface area (Å²) in [6.07, 6.45) is -0.222. The van der Waals surface area contributed by atoms with Crippen LogP contribution in [0.4, 0.5) is 5.69 Å². The van der Waals surface area contributed by atoms with Crippen LogP contribution in [0.25, 0.3) is 12.2 Å². The second-order valence-corrected chi connectivity index (χ2v) is 13.1. The van der Waals surface area contributed by atoms with E-state index >= 15 is 0 Å². The first-order valence-corrected chi connectivity index (χ1v) is 16.4. The number of fused-ring (bicyclic) bond motifs is 2. The van der Waals surface area contributed by atoms with Crippen molar-refractivity contribution in [1.82, 2.24) is 5.06 Å². The lowest BCUT2D eigenvalue weighted by molar-refractivity contribution is -0.777. The van der Waals surface area contributed by atoms with Crippen molar-refractivity contribution >= 4 is 73.9 Å². The van der Waals surface area contributed by atoms with Gasteiger partial charge >= 0.3 is 5.97 Å². The molecule has 0 radical (unpaired) electrons. The molecule has 254 valence electrons. The lowest BCUT2D eigenvalue weighted by atomic mass is 9.89. The molecule has 5 rings (SSSR count). The number of nitrogens with two attached hydrogens (primary N) is 1. The maximum atomic E-state index is 12.0. The highest BCUT2D eigenvalue weighted by molar-refractivity contribution is 7.96. The molecule has 2 heterocycles. The molecule has 2 aliphatic heterocycles. The van der Waals surface area contributed by atoms with Gasteiger partial charge in [0.2, 0.25) is 0 Å². The van der Waals surface area contributed by atoms with Crippen LogP contribution in [0.15, 0.2) is 58.3 Å². The van der Waals surface area contributed by atoms with Crippen LogP contribution in [0.3, 0.4) is 0 Å². The molecule has 1 unspecified atom stereocenters. The molecule has 2 N–H and O–H groups in total. The van der Waals surface area contributed by atoms with E-state index in [1.54, 1.807) is 0 Å². The van der Waals surface area contributed by atoms with Crippen molar-refractivity contribution in [2.24, 2.45) is 0 Å². The highest BCUT2D eigenvalue weighted by Gasteiger charge is 2.42. The molecule has 48 heavy (non-hydrogen) atoms. The number of amides is 2. The molecule has 1 saturated heterocycles. The van der Waals surface area contributed by atoms with E-state index in [0.717, 1.165) is 13.0 Å². The number of hydrogen-bond donors (Lipinski definition) is 1. The van der Waals surface area contributed by atoms with Crippen LogP contribution < -0.4 is 31.3 Å². The summed E-state index contributed by atoms with van der Waals surface area (Å²) < 4.78 is 81.4. The number of carbonyl (C=O) groups excluding carboxylic acids is 4. The summed E-state index contributed by atoms with van der Waals surface area (Å²) in [6.45, 7) is 4.56. The number of carboxylic acids is 1. The molecule has 0 aromatic heterocycles. The first-order chi connectivity index (χ1) is 22.4. The van der Waals surface area contributed by atoms with Gasteiger partial charge in [-0.15, -0.1) is 5.06 Å². The fourth-order valence-corrected chi connectivity index (χ4v) is 6.69. The minimum Gasteiger partial charge on any atom is -0.744 e. The van der Waals surface area contributed by atoms with Crippen molar-refractivity contribution in [3.8, 4) is 11.5 Å². The zero-order chi connectivity index (χ0) is 35.7. The van der Waals surface area contributed by atoms with Crippen molar-refractivity contribution in [2.75, 3.05) is 5.73 Å². The summed E-state index contributed by atoms with van der Waals surface area (Å²) in [7, 11) is -10.5. The molecule has 1 fully saturated rings. The van der Waals surface area contributed by atoms with Crippen LogP contribution in [-0.2, 0) is 48.8 Å². The van der Waals surface area contributed by atoms with Crippen molar-refractivity contribution in [3.63, 3.8) is 0 Å². The van der Waals surface area contributed by atoms with Gasteiger partial charge in [0.15, 0.2) is 11.5 Å². The van der Waals surface area contributed by atoms with Gasteiger partial charge in [-0.1, -0.05) is 36.9 Å².